The molecule has 1 aromatic carbocycles. The van der Waals surface area contributed by atoms with Gasteiger partial charge in [0.05, 0.1) is 5.39 Å². The Labute approximate surface area is 124 Å². The van der Waals surface area contributed by atoms with E-state index in [0.29, 0.717) is 5.82 Å². The zero-order chi connectivity index (χ0) is 15.1. The second-order valence-electron chi connectivity index (χ2n) is 5.41. The van der Waals surface area contributed by atoms with Crippen LogP contribution < -0.4 is 10.6 Å². The number of nitrogen functional groups attached to an aromatic ring is 1. The fourth-order valence-electron chi connectivity index (χ4n) is 2.64. The van der Waals surface area contributed by atoms with E-state index in [-0.39, 0.29) is 0 Å². The number of aromatic nitrogens is 3. The van der Waals surface area contributed by atoms with Crippen molar-refractivity contribution >= 4 is 22.5 Å². The molecule has 0 aliphatic carbocycles. The fraction of sp³-hybridized carbons (Fsp3) is 0.250. The summed E-state index contributed by atoms with van der Waals surface area (Å²) < 4.78 is 2.13. The van der Waals surface area contributed by atoms with Gasteiger partial charge >= 0.3 is 0 Å². The van der Waals surface area contributed by atoms with Crippen LogP contribution in [0.15, 0.2) is 30.6 Å². The van der Waals surface area contributed by atoms with Gasteiger partial charge in [-0.15, -0.1) is 0 Å². The first-order chi connectivity index (χ1) is 10.0. The van der Waals surface area contributed by atoms with Crippen LogP contribution in [0.25, 0.3) is 16.7 Å². The molecule has 0 atom stereocenters. The molecule has 0 saturated heterocycles. The highest BCUT2D eigenvalue weighted by atomic mass is 15.1. The van der Waals surface area contributed by atoms with Crippen LogP contribution in [0.1, 0.15) is 11.3 Å². The third-order valence-electron chi connectivity index (χ3n) is 3.95. The van der Waals surface area contributed by atoms with Gasteiger partial charge in [-0.1, -0.05) is 0 Å². The third kappa shape index (κ3) is 2.01. The Balaban J connectivity index is 2.25. The Bertz CT molecular complexity index is 800. The Morgan fingerprint density at radius 2 is 1.71 bits per heavy atom. The Morgan fingerprint density at radius 1 is 1.05 bits per heavy atom. The SMILES string of the molecule is Cc1c(C)n(-c2ccc(N(C)C)cc2)c2ncnc(N)c12. The van der Waals surface area contributed by atoms with Crippen molar-refractivity contribution < 1.29 is 0 Å². The van der Waals surface area contributed by atoms with E-state index in [4.69, 9.17) is 5.73 Å². The summed E-state index contributed by atoms with van der Waals surface area (Å²) in [5.74, 6) is 0.532. The van der Waals surface area contributed by atoms with Crippen molar-refractivity contribution in [2.75, 3.05) is 24.7 Å². The maximum Gasteiger partial charge on any atom is 0.150 e. The average Bonchev–Trinajstić information content (AvgIpc) is 2.72. The number of fused-ring (bicyclic) bond motifs is 1. The predicted octanol–water partition coefficient (Wildman–Crippen LogP) is 2.69. The van der Waals surface area contributed by atoms with Crippen molar-refractivity contribution in [2.45, 2.75) is 13.8 Å². The molecule has 3 rings (SSSR count). The summed E-state index contributed by atoms with van der Waals surface area (Å²) in [4.78, 5) is 10.6. The predicted molar refractivity (Wildman–Crippen MR) is 87.1 cm³/mol. The first-order valence-electron chi connectivity index (χ1n) is 6.86. The standard InChI is InChI=1S/C16H19N5/c1-10-11(2)21(16-14(10)15(17)18-9-19-16)13-7-5-12(6-8-13)20(3)4/h5-9H,1-4H3,(H2,17,18,19). The van der Waals surface area contributed by atoms with E-state index in [1.807, 2.05) is 14.1 Å². The molecule has 0 spiro atoms. The van der Waals surface area contributed by atoms with Crippen LogP contribution in [0.5, 0.6) is 0 Å². The van der Waals surface area contributed by atoms with Gasteiger partial charge < -0.3 is 10.6 Å². The molecule has 0 aliphatic heterocycles. The van der Waals surface area contributed by atoms with E-state index in [0.717, 1.165) is 28.0 Å². The van der Waals surface area contributed by atoms with Gasteiger partial charge in [0, 0.05) is 31.2 Å². The molecule has 0 bridgehead atoms. The van der Waals surface area contributed by atoms with Gasteiger partial charge in [0.25, 0.3) is 0 Å². The minimum atomic E-state index is 0.532. The lowest BCUT2D eigenvalue weighted by Crippen LogP contribution is -2.08. The number of aryl methyl sites for hydroxylation is 1. The van der Waals surface area contributed by atoms with Crippen molar-refractivity contribution in [1.82, 2.24) is 14.5 Å². The number of rotatable bonds is 2. The molecular formula is C16H19N5. The van der Waals surface area contributed by atoms with Gasteiger partial charge in [-0.2, -0.15) is 0 Å². The Kier molecular flexibility index (Phi) is 3.05. The van der Waals surface area contributed by atoms with Crippen molar-refractivity contribution in [3.05, 3.63) is 41.9 Å². The lowest BCUT2D eigenvalue weighted by atomic mass is 10.2. The molecule has 2 aromatic heterocycles. The summed E-state index contributed by atoms with van der Waals surface area (Å²) in [6.45, 7) is 4.14. The van der Waals surface area contributed by atoms with Gasteiger partial charge in [-0.25, -0.2) is 9.97 Å². The summed E-state index contributed by atoms with van der Waals surface area (Å²) in [5.41, 5.74) is 11.4. The molecule has 5 nitrogen and oxygen atoms in total. The Hall–Kier alpha value is -2.56. The molecule has 5 heteroatoms. The van der Waals surface area contributed by atoms with Gasteiger partial charge in [-0.3, -0.25) is 4.57 Å². The lowest BCUT2D eigenvalue weighted by Gasteiger charge is -2.14. The zero-order valence-corrected chi connectivity index (χ0v) is 12.8. The maximum atomic E-state index is 6.01. The number of nitrogens with two attached hydrogens (primary N) is 1. The van der Waals surface area contributed by atoms with Gasteiger partial charge in [0.2, 0.25) is 0 Å². The number of benzene rings is 1. The summed E-state index contributed by atoms with van der Waals surface area (Å²) in [5, 5.41) is 0.937. The molecule has 108 valence electrons. The largest absolute Gasteiger partial charge is 0.383 e. The van der Waals surface area contributed by atoms with Crippen LogP contribution in [0.2, 0.25) is 0 Å². The van der Waals surface area contributed by atoms with Gasteiger partial charge in [0.1, 0.15) is 12.1 Å². The number of anilines is 2. The molecule has 0 amide bonds. The van der Waals surface area contributed by atoms with E-state index >= 15 is 0 Å². The quantitative estimate of drug-likeness (QED) is 0.784. The second-order valence-corrected chi connectivity index (χ2v) is 5.41. The van der Waals surface area contributed by atoms with E-state index in [9.17, 15) is 0 Å². The molecule has 2 heterocycles. The minimum Gasteiger partial charge on any atom is -0.383 e. The van der Waals surface area contributed by atoms with Crippen molar-refractivity contribution in [3.8, 4) is 5.69 Å². The molecule has 3 aromatic rings. The highest BCUT2D eigenvalue weighted by Crippen LogP contribution is 2.30. The normalized spacial score (nSPS) is 11.0. The molecule has 2 N–H and O–H groups in total. The van der Waals surface area contributed by atoms with Crippen LogP contribution in [-0.2, 0) is 0 Å². The van der Waals surface area contributed by atoms with Gasteiger partial charge in [-0.05, 0) is 43.7 Å². The van der Waals surface area contributed by atoms with Crippen LogP contribution in [0.3, 0.4) is 0 Å². The maximum absolute atomic E-state index is 6.01. The van der Waals surface area contributed by atoms with Crippen LogP contribution >= 0.6 is 0 Å². The van der Waals surface area contributed by atoms with Gasteiger partial charge in [0.15, 0.2) is 5.65 Å². The van der Waals surface area contributed by atoms with Crippen molar-refractivity contribution in [2.24, 2.45) is 0 Å². The van der Waals surface area contributed by atoms with E-state index in [2.05, 4.69) is 57.5 Å². The van der Waals surface area contributed by atoms with Crippen LogP contribution in [0, 0.1) is 13.8 Å². The fourth-order valence-corrected chi connectivity index (χ4v) is 2.64. The topological polar surface area (TPSA) is 60.0 Å². The van der Waals surface area contributed by atoms with Crippen molar-refractivity contribution in [3.63, 3.8) is 0 Å². The molecule has 0 unspecified atom stereocenters. The van der Waals surface area contributed by atoms with E-state index in [1.54, 1.807) is 0 Å². The van der Waals surface area contributed by atoms with Crippen LogP contribution in [-0.4, -0.2) is 28.6 Å². The minimum absolute atomic E-state index is 0.532. The first kappa shape index (κ1) is 13.4. The molecule has 0 radical (unpaired) electrons. The third-order valence-corrected chi connectivity index (χ3v) is 3.95. The van der Waals surface area contributed by atoms with E-state index < -0.39 is 0 Å². The first-order valence-corrected chi connectivity index (χ1v) is 6.86. The summed E-state index contributed by atoms with van der Waals surface area (Å²) >= 11 is 0. The smallest absolute Gasteiger partial charge is 0.150 e. The monoisotopic (exact) mass is 281 g/mol. The number of hydrogen-bond acceptors (Lipinski definition) is 4. The summed E-state index contributed by atoms with van der Waals surface area (Å²) in [7, 11) is 4.06. The molecule has 21 heavy (non-hydrogen) atoms. The second kappa shape index (κ2) is 4.77. The zero-order valence-electron chi connectivity index (χ0n) is 12.8. The molecule has 0 aliphatic rings. The number of nitrogens with zero attached hydrogens (tertiary/aromatic N) is 4. The van der Waals surface area contributed by atoms with E-state index in [1.165, 1.54) is 12.0 Å². The summed E-state index contributed by atoms with van der Waals surface area (Å²) in [6, 6.07) is 8.39. The van der Waals surface area contributed by atoms with Crippen molar-refractivity contribution in [1.29, 1.82) is 0 Å². The highest BCUT2D eigenvalue weighted by Gasteiger charge is 2.16. The number of hydrogen-bond donors (Lipinski definition) is 1. The molecule has 0 saturated carbocycles. The average molecular weight is 281 g/mol. The molecule has 0 fully saturated rings. The molecular weight excluding hydrogens is 262 g/mol. The Morgan fingerprint density at radius 3 is 2.33 bits per heavy atom. The van der Waals surface area contributed by atoms with Crippen LogP contribution in [0.4, 0.5) is 11.5 Å². The highest BCUT2D eigenvalue weighted by molar-refractivity contribution is 5.92. The summed E-state index contributed by atoms with van der Waals surface area (Å²) in [6.07, 6.45) is 1.52. The lowest BCUT2D eigenvalue weighted by molar-refractivity contribution is 1.01.